The Morgan fingerprint density at radius 3 is 2.33 bits per heavy atom. The lowest BCUT2D eigenvalue weighted by molar-refractivity contribution is -0.139. The summed E-state index contributed by atoms with van der Waals surface area (Å²) in [5, 5.41) is 8.77. The Morgan fingerprint density at radius 2 is 1.70 bits per heavy atom. The number of carboxylic acid groups (broad SMARTS) is 1. The van der Waals surface area contributed by atoms with Gasteiger partial charge in [-0.3, -0.25) is 0 Å². The molecule has 0 aromatic heterocycles. The van der Waals surface area contributed by atoms with Gasteiger partial charge in [0.15, 0.2) is 6.61 Å². The second-order valence-electron chi connectivity index (χ2n) is 6.96. The lowest BCUT2D eigenvalue weighted by atomic mass is 9.96. The second kappa shape index (κ2) is 10.7. The van der Waals surface area contributed by atoms with Crippen molar-refractivity contribution >= 4 is 23.3 Å². The van der Waals surface area contributed by atoms with Crippen molar-refractivity contribution in [2.45, 2.75) is 25.2 Å². The van der Waals surface area contributed by atoms with E-state index in [-0.39, 0.29) is 6.61 Å². The van der Waals surface area contributed by atoms with Crippen LogP contribution in [0.1, 0.15) is 29.2 Å². The van der Waals surface area contributed by atoms with E-state index in [0.717, 1.165) is 22.6 Å². The summed E-state index contributed by atoms with van der Waals surface area (Å²) >= 11 is 1.74. The van der Waals surface area contributed by atoms with Gasteiger partial charge in [0.2, 0.25) is 0 Å². The SMILES string of the molecule is CCc1ccc(/C(=C/CSc2ccc(OCC(=O)O)c(C)c2)c2ccccc2)cc1. The Labute approximate surface area is 182 Å². The predicted octanol–water partition coefficient (Wildman–Crippen LogP) is 6.24. The van der Waals surface area contributed by atoms with Crippen LogP contribution in [-0.4, -0.2) is 23.4 Å². The number of benzene rings is 3. The Hall–Kier alpha value is -2.98. The van der Waals surface area contributed by atoms with Gasteiger partial charge >= 0.3 is 5.97 Å². The highest BCUT2D eigenvalue weighted by molar-refractivity contribution is 7.99. The fourth-order valence-corrected chi connectivity index (χ4v) is 4.04. The lowest BCUT2D eigenvalue weighted by Gasteiger charge is -2.11. The van der Waals surface area contributed by atoms with Crippen LogP contribution in [0.4, 0.5) is 0 Å². The minimum atomic E-state index is -0.974. The van der Waals surface area contributed by atoms with E-state index in [4.69, 9.17) is 9.84 Å². The van der Waals surface area contributed by atoms with E-state index in [9.17, 15) is 4.79 Å². The van der Waals surface area contributed by atoms with Crippen molar-refractivity contribution < 1.29 is 14.6 Å². The molecule has 0 bridgehead atoms. The fourth-order valence-electron chi connectivity index (χ4n) is 3.17. The standard InChI is InChI=1S/C26H26O3S/c1-3-20-9-11-22(12-10-20)24(21-7-5-4-6-8-21)15-16-30-23-13-14-25(19(2)17-23)29-18-26(27)28/h4-15,17H,3,16,18H2,1-2H3,(H,27,28)/b24-15+. The quantitative estimate of drug-likeness (QED) is 0.418. The number of rotatable bonds is 9. The topological polar surface area (TPSA) is 46.5 Å². The molecular formula is C26H26O3S. The van der Waals surface area contributed by atoms with Gasteiger partial charge in [-0.25, -0.2) is 4.79 Å². The third kappa shape index (κ3) is 6.01. The smallest absolute Gasteiger partial charge is 0.341 e. The summed E-state index contributed by atoms with van der Waals surface area (Å²) in [7, 11) is 0. The van der Waals surface area contributed by atoms with Crippen LogP contribution < -0.4 is 4.74 Å². The number of carbonyl (C=O) groups is 1. The molecule has 0 spiro atoms. The monoisotopic (exact) mass is 418 g/mol. The molecule has 0 fully saturated rings. The van der Waals surface area contributed by atoms with Crippen molar-refractivity contribution in [3.63, 3.8) is 0 Å². The summed E-state index contributed by atoms with van der Waals surface area (Å²) in [5.41, 5.74) is 5.91. The fraction of sp³-hybridized carbons (Fsp3) is 0.192. The summed E-state index contributed by atoms with van der Waals surface area (Å²) in [4.78, 5) is 11.8. The molecule has 0 aliphatic carbocycles. The summed E-state index contributed by atoms with van der Waals surface area (Å²) in [6.45, 7) is 3.77. The Morgan fingerprint density at radius 1 is 1.00 bits per heavy atom. The predicted molar refractivity (Wildman–Crippen MR) is 124 cm³/mol. The van der Waals surface area contributed by atoms with Gasteiger partial charge in [0.1, 0.15) is 5.75 Å². The van der Waals surface area contributed by atoms with Crippen molar-refractivity contribution in [1.29, 1.82) is 0 Å². The van der Waals surface area contributed by atoms with Gasteiger partial charge in [-0.15, -0.1) is 11.8 Å². The van der Waals surface area contributed by atoms with Crippen LogP contribution in [0.2, 0.25) is 0 Å². The summed E-state index contributed by atoms with van der Waals surface area (Å²) in [6.07, 6.45) is 3.30. The highest BCUT2D eigenvalue weighted by atomic mass is 32.2. The largest absolute Gasteiger partial charge is 0.482 e. The zero-order chi connectivity index (χ0) is 21.3. The summed E-state index contributed by atoms with van der Waals surface area (Å²) in [6, 6.07) is 25.1. The zero-order valence-corrected chi connectivity index (χ0v) is 18.1. The molecule has 154 valence electrons. The normalized spacial score (nSPS) is 11.3. The molecule has 0 aliphatic rings. The molecule has 0 atom stereocenters. The second-order valence-corrected chi connectivity index (χ2v) is 8.05. The Bertz CT molecular complexity index is 1010. The third-order valence-corrected chi connectivity index (χ3v) is 5.71. The molecule has 0 unspecified atom stereocenters. The van der Waals surface area contributed by atoms with Gasteiger partial charge in [0, 0.05) is 10.6 Å². The maximum atomic E-state index is 10.7. The third-order valence-electron chi connectivity index (χ3n) is 4.79. The first-order valence-corrected chi connectivity index (χ1v) is 11.0. The molecule has 3 aromatic carbocycles. The van der Waals surface area contributed by atoms with E-state index in [1.165, 1.54) is 22.3 Å². The average molecular weight is 419 g/mol. The molecule has 30 heavy (non-hydrogen) atoms. The maximum absolute atomic E-state index is 10.7. The number of aliphatic carboxylic acids is 1. The average Bonchev–Trinajstić information content (AvgIpc) is 2.77. The van der Waals surface area contributed by atoms with E-state index >= 15 is 0 Å². The number of thioether (sulfide) groups is 1. The van der Waals surface area contributed by atoms with Gasteiger partial charge in [-0.2, -0.15) is 0 Å². The number of hydrogen-bond donors (Lipinski definition) is 1. The minimum absolute atomic E-state index is 0.326. The van der Waals surface area contributed by atoms with Crippen LogP contribution in [0.3, 0.4) is 0 Å². The molecule has 0 saturated carbocycles. The molecule has 3 rings (SSSR count). The molecule has 1 N–H and O–H groups in total. The zero-order valence-electron chi connectivity index (χ0n) is 17.3. The van der Waals surface area contributed by atoms with E-state index in [1.54, 1.807) is 11.8 Å². The minimum Gasteiger partial charge on any atom is -0.482 e. The molecule has 3 nitrogen and oxygen atoms in total. The first kappa shape index (κ1) is 21.7. The van der Waals surface area contributed by atoms with Gasteiger partial charge in [-0.05, 0) is 59.4 Å². The Balaban J connectivity index is 1.76. The molecular weight excluding hydrogens is 392 g/mol. The molecule has 0 heterocycles. The molecule has 0 amide bonds. The van der Waals surface area contributed by atoms with E-state index in [0.29, 0.717) is 5.75 Å². The molecule has 0 radical (unpaired) electrons. The number of aryl methyl sites for hydroxylation is 2. The summed E-state index contributed by atoms with van der Waals surface area (Å²) in [5.74, 6) is 0.464. The van der Waals surface area contributed by atoms with Crippen molar-refractivity contribution in [3.8, 4) is 5.75 Å². The molecule has 0 saturated heterocycles. The van der Waals surface area contributed by atoms with Gasteiger partial charge in [0.05, 0.1) is 0 Å². The number of hydrogen-bond acceptors (Lipinski definition) is 3. The molecule has 3 aromatic rings. The molecule has 4 heteroatoms. The highest BCUT2D eigenvalue weighted by Crippen LogP contribution is 2.29. The first-order chi connectivity index (χ1) is 14.6. The van der Waals surface area contributed by atoms with Gasteiger partial charge in [0.25, 0.3) is 0 Å². The van der Waals surface area contributed by atoms with Crippen molar-refractivity contribution in [3.05, 3.63) is 101 Å². The van der Waals surface area contributed by atoms with E-state index < -0.39 is 5.97 Å². The van der Waals surface area contributed by atoms with Crippen molar-refractivity contribution in [2.75, 3.05) is 12.4 Å². The molecule has 0 aliphatic heterocycles. The van der Waals surface area contributed by atoms with E-state index in [1.807, 2.05) is 31.2 Å². The van der Waals surface area contributed by atoms with Gasteiger partial charge < -0.3 is 9.84 Å². The van der Waals surface area contributed by atoms with Crippen molar-refractivity contribution in [1.82, 2.24) is 0 Å². The Kier molecular flexibility index (Phi) is 7.75. The lowest BCUT2D eigenvalue weighted by Crippen LogP contribution is -2.09. The van der Waals surface area contributed by atoms with Crippen LogP contribution in [-0.2, 0) is 11.2 Å². The maximum Gasteiger partial charge on any atom is 0.341 e. The number of carboxylic acids is 1. The van der Waals surface area contributed by atoms with Crippen LogP contribution in [0.15, 0.2) is 83.8 Å². The summed E-state index contributed by atoms with van der Waals surface area (Å²) < 4.78 is 5.31. The van der Waals surface area contributed by atoms with E-state index in [2.05, 4.69) is 61.5 Å². The first-order valence-electron chi connectivity index (χ1n) is 9.99. The van der Waals surface area contributed by atoms with Crippen molar-refractivity contribution in [2.24, 2.45) is 0 Å². The van der Waals surface area contributed by atoms with Crippen LogP contribution in [0.25, 0.3) is 5.57 Å². The highest BCUT2D eigenvalue weighted by Gasteiger charge is 2.07. The number of ether oxygens (including phenoxy) is 1. The van der Waals surface area contributed by atoms with Gasteiger partial charge in [-0.1, -0.05) is 67.6 Å². The van der Waals surface area contributed by atoms with Crippen LogP contribution in [0, 0.1) is 6.92 Å². The van der Waals surface area contributed by atoms with Crippen LogP contribution >= 0.6 is 11.8 Å². The van der Waals surface area contributed by atoms with Crippen LogP contribution in [0.5, 0.6) is 5.75 Å².